The summed E-state index contributed by atoms with van der Waals surface area (Å²) in [6, 6.07) is 0. The third-order valence-corrected chi connectivity index (χ3v) is 2.62. The van der Waals surface area contributed by atoms with Crippen molar-refractivity contribution in [2.45, 2.75) is 6.80 Å². The van der Waals surface area contributed by atoms with Gasteiger partial charge in [0, 0.05) is 0 Å². The Morgan fingerprint density at radius 1 is 2.50 bits per heavy atom. The second kappa shape index (κ2) is 4.52. The Bertz CT molecular complexity index is 17.1. The average Bonchev–Trinajstić information content (AvgIpc) is 1.41. The van der Waals surface area contributed by atoms with E-state index in [0.717, 1.165) is 0 Å². The van der Waals surface area contributed by atoms with Crippen LogP contribution in [0, 0.1) is 0 Å². The van der Waals surface area contributed by atoms with E-state index in [9.17, 15) is 0 Å². The predicted molar refractivity (Wildman–Crippen MR) is 25.6 cm³/mol. The van der Waals surface area contributed by atoms with Crippen LogP contribution in [0.2, 0.25) is 6.80 Å². The molecule has 4 heavy (non-hydrogen) atoms. The molecule has 0 aliphatic rings. The normalized spacial score (nSPS) is 10.8. The summed E-state index contributed by atoms with van der Waals surface area (Å²) >= 11 is 2.59. The molecule has 0 fully saturated rings. The van der Waals surface area contributed by atoms with Crippen molar-refractivity contribution in [3.63, 3.8) is 0 Å². The minimum absolute atomic E-state index is 0.265. The molecule has 0 saturated heterocycles. The van der Waals surface area contributed by atoms with Crippen LogP contribution >= 0.6 is 18.6 Å². The molecule has 0 nitrogen and oxygen atoms in total. The van der Waals surface area contributed by atoms with Crippen LogP contribution in [0.1, 0.15) is 1.37 Å². The summed E-state index contributed by atoms with van der Waals surface area (Å²) in [6.45, 7) is 0.510. The Labute approximate surface area is 48.5 Å². The van der Waals surface area contributed by atoms with Gasteiger partial charge in [0.25, 0.3) is 0 Å². The molecule has 3 heteroatoms. The molecule has 0 aliphatic heterocycles. The minimum atomic E-state index is 0.265. The van der Waals surface area contributed by atoms with Crippen molar-refractivity contribution in [3.8, 4) is 0 Å². The van der Waals surface area contributed by atoms with E-state index >= 15 is 0 Å². The van der Waals surface area contributed by atoms with Crippen LogP contribution in [-0.4, -0.2) is 5.14 Å². The third-order valence-electron chi connectivity index (χ3n) is 0.0583. The molecule has 0 aliphatic carbocycles. The number of hydrogen-bond donors (Lipinski definition) is 0. The zero-order valence-corrected chi connectivity index (χ0v) is 6.36. The Morgan fingerprint density at radius 2 is 3.25 bits per heavy atom. The molecule has 0 bridgehead atoms. The number of hydrogen-bond acceptors (Lipinski definition) is 0. The molecular weight excluding hydrogens is 277 g/mol. The van der Waals surface area contributed by atoms with E-state index in [1.807, 2.05) is 5.14 Å². The molecule has 0 amide bonds. The fourth-order valence-electron chi connectivity index (χ4n) is 0. The maximum atomic E-state index is 6.57. The number of rotatable bonds is 1. The molecule has 0 N–H and O–H groups in total. The molecule has 1 radical (unpaired) electrons. The van der Waals surface area contributed by atoms with Crippen LogP contribution in [0.5, 0.6) is 0 Å². The molecule has 0 heterocycles. The molecule has 0 spiro atoms. The molecule has 0 unspecified atom stereocenters. The number of halogens is 2. The van der Waals surface area contributed by atoms with E-state index in [1.54, 1.807) is 0 Å². The van der Waals surface area contributed by atoms with Gasteiger partial charge in [0.05, 0.1) is 0 Å². The van der Waals surface area contributed by atoms with Crippen molar-refractivity contribution in [1.29, 1.82) is 0 Å². The summed E-state index contributed by atoms with van der Waals surface area (Å²) in [5, 5.41) is 2.01. The first-order valence-corrected chi connectivity index (χ1v) is 8.30. The van der Waals surface area contributed by atoms with Crippen molar-refractivity contribution >= 4 is 23.8 Å². The van der Waals surface area contributed by atoms with Gasteiger partial charge < -0.3 is 0 Å². The van der Waals surface area contributed by atoms with Crippen molar-refractivity contribution in [3.05, 3.63) is 0 Å². The van der Waals surface area contributed by atoms with Crippen molar-refractivity contribution in [1.82, 2.24) is 0 Å². The molecule has 0 aromatic rings. The predicted octanol–water partition coefficient (Wildman–Crippen LogP) is -1.91. The molecule has 0 aromatic carbocycles. The van der Waals surface area contributed by atoms with E-state index in [4.69, 9.17) is 1.37 Å². The van der Waals surface area contributed by atoms with Crippen LogP contribution < -0.4 is 17.0 Å². The Hall–Kier alpha value is 1.52. The fraction of sp³-hybridized carbons (Fsp3) is 1.00. The van der Waals surface area contributed by atoms with Gasteiger partial charge in [-0.3, -0.25) is 0 Å². The van der Waals surface area contributed by atoms with Gasteiger partial charge in [-0.25, -0.2) is 0 Å². The van der Waals surface area contributed by atoms with Crippen molar-refractivity contribution in [2.75, 3.05) is 0 Å². The van der Waals surface area contributed by atoms with E-state index in [2.05, 4.69) is 18.6 Å². The summed E-state index contributed by atoms with van der Waals surface area (Å²) in [5.74, 6) is 0. The van der Waals surface area contributed by atoms with Gasteiger partial charge in [0.1, 0.15) is 0 Å². The van der Waals surface area contributed by atoms with Gasteiger partial charge in [-0.05, 0) is 0 Å². The monoisotopic (exact) mass is 281 g/mol. The zero-order chi connectivity index (χ0) is 4.12. The van der Waals surface area contributed by atoms with Gasteiger partial charge in [-0.15, -0.1) is 0 Å². The van der Waals surface area contributed by atoms with Crippen LogP contribution in [0.25, 0.3) is 0 Å². The van der Waals surface area contributed by atoms with Crippen LogP contribution in [0.3, 0.4) is 0 Å². The first kappa shape index (κ1) is 3.71. The maximum absolute atomic E-state index is 6.57. The molecule has 25 valence electrons. The molecule has 0 aromatic heterocycles. The quantitative estimate of drug-likeness (QED) is 0.389. The van der Waals surface area contributed by atoms with Crippen LogP contribution in [0.15, 0.2) is 0 Å². The summed E-state index contributed by atoms with van der Waals surface area (Å²) in [6.07, 6.45) is 0. The zero-order valence-electron chi connectivity index (χ0n) is 3.04. The fourth-order valence-corrected chi connectivity index (χ4v) is 0. The molecule has 0 rings (SSSR count). The summed E-state index contributed by atoms with van der Waals surface area (Å²) in [5.41, 5.74) is 0. The summed E-state index contributed by atoms with van der Waals surface area (Å²) < 4.78 is 6.57. The van der Waals surface area contributed by atoms with Crippen LogP contribution in [0.4, 0.5) is 0 Å². The van der Waals surface area contributed by atoms with E-state index in [0.29, 0.717) is 6.80 Å². The van der Waals surface area contributed by atoms with Crippen molar-refractivity contribution < 1.29 is 18.4 Å². The second-order valence-corrected chi connectivity index (χ2v) is 4.75. The average molecular weight is 281 g/mol. The summed E-state index contributed by atoms with van der Waals surface area (Å²) in [4.78, 5) is 0. The van der Waals surface area contributed by atoms with Crippen LogP contribution in [-0.2, 0) is 0 Å². The topological polar surface area (TPSA) is 0 Å². The Morgan fingerprint density at radius 3 is 3.25 bits per heavy atom. The SMILES string of the molecule is [2H]C[B][I-]I. The van der Waals surface area contributed by atoms with Gasteiger partial charge in [0.2, 0.25) is 0 Å². The van der Waals surface area contributed by atoms with Gasteiger partial charge >= 0.3 is 48.9 Å². The Kier molecular flexibility index (Phi) is 4.19. The standard InChI is InChI=1S/CH3BI2/c1-2-4-3/h1H3/q-1/i1D. The summed E-state index contributed by atoms with van der Waals surface area (Å²) in [7, 11) is 0. The Balaban J connectivity index is 2.19. The first-order valence-electron chi connectivity index (χ1n) is 1.48. The van der Waals surface area contributed by atoms with E-state index in [-0.39, 0.29) is 17.0 Å². The second-order valence-electron chi connectivity index (χ2n) is 0.237. The third kappa shape index (κ3) is 3.52. The molecule has 0 atom stereocenters. The van der Waals surface area contributed by atoms with Gasteiger partial charge in [0.15, 0.2) is 0 Å². The first-order chi connectivity index (χ1) is 2.41. The van der Waals surface area contributed by atoms with Crippen molar-refractivity contribution in [2.24, 2.45) is 0 Å². The molecule has 0 saturated carbocycles. The van der Waals surface area contributed by atoms with Gasteiger partial charge in [-0.1, -0.05) is 0 Å². The van der Waals surface area contributed by atoms with E-state index < -0.39 is 0 Å². The molecular formula is CH3BI2-. The van der Waals surface area contributed by atoms with E-state index in [1.165, 1.54) is 0 Å². The van der Waals surface area contributed by atoms with Gasteiger partial charge in [-0.2, -0.15) is 0 Å².